The molecule has 0 saturated carbocycles. The van der Waals surface area contributed by atoms with Crippen molar-refractivity contribution in [1.82, 2.24) is 9.55 Å². The summed E-state index contributed by atoms with van der Waals surface area (Å²) >= 11 is 0. The highest BCUT2D eigenvalue weighted by atomic mass is 19.1. The van der Waals surface area contributed by atoms with E-state index < -0.39 is 17.7 Å². The van der Waals surface area contributed by atoms with E-state index in [1.807, 2.05) is 17.8 Å². The van der Waals surface area contributed by atoms with Crippen LogP contribution in [-0.2, 0) is 13.5 Å². The van der Waals surface area contributed by atoms with E-state index in [9.17, 15) is 8.78 Å². The van der Waals surface area contributed by atoms with Gasteiger partial charge in [0, 0.05) is 37.5 Å². The van der Waals surface area contributed by atoms with Crippen LogP contribution >= 0.6 is 0 Å². The highest BCUT2D eigenvalue weighted by Gasteiger charge is 2.18. The van der Waals surface area contributed by atoms with E-state index in [1.165, 1.54) is 12.1 Å². The van der Waals surface area contributed by atoms with Crippen LogP contribution in [0.15, 0.2) is 24.5 Å². The number of aryl methyl sites for hydroxylation is 3. The summed E-state index contributed by atoms with van der Waals surface area (Å²) in [6.07, 6.45) is 4.54. The molecule has 0 saturated heterocycles. The lowest BCUT2D eigenvalue weighted by Gasteiger charge is -2.15. The molecular formula is C14H17F2N3. The summed E-state index contributed by atoms with van der Waals surface area (Å²) in [5.41, 5.74) is 6.29. The Hall–Kier alpha value is -1.75. The van der Waals surface area contributed by atoms with Gasteiger partial charge in [-0.05, 0) is 25.0 Å². The van der Waals surface area contributed by atoms with E-state index in [4.69, 9.17) is 5.73 Å². The summed E-state index contributed by atoms with van der Waals surface area (Å²) in [6.45, 7) is 1.60. The normalized spacial score (nSPS) is 12.7. The average molecular weight is 265 g/mol. The van der Waals surface area contributed by atoms with Gasteiger partial charge in [0.1, 0.15) is 17.5 Å². The largest absolute Gasteiger partial charge is 0.338 e. The summed E-state index contributed by atoms with van der Waals surface area (Å²) in [5.74, 6) is -0.285. The van der Waals surface area contributed by atoms with Gasteiger partial charge >= 0.3 is 0 Å². The van der Waals surface area contributed by atoms with Crippen LogP contribution in [-0.4, -0.2) is 9.55 Å². The van der Waals surface area contributed by atoms with Crippen molar-refractivity contribution in [3.05, 3.63) is 53.1 Å². The molecule has 0 aliphatic rings. The SMILES string of the molecule is Cc1ccc(F)c(C(N)CCc2nccn2C)c1F. The molecule has 1 aromatic carbocycles. The first-order valence-electron chi connectivity index (χ1n) is 6.17. The van der Waals surface area contributed by atoms with Crippen LogP contribution in [0.1, 0.15) is 29.4 Å². The fourth-order valence-corrected chi connectivity index (χ4v) is 2.08. The molecule has 2 aromatic rings. The van der Waals surface area contributed by atoms with Gasteiger partial charge in [0.05, 0.1) is 0 Å². The van der Waals surface area contributed by atoms with Gasteiger partial charge in [-0.3, -0.25) is 0 Å². The van der Waals surface area contributed by atoms with Gasteiger partial charge in [-0.2, -0.15) is 0 Å². The molecule has 0 spiro atoms. The molecule has 19 heavy (non-hydrogen) atoms. The molecule has 0 bridgehead atoms. The van der Waals surface area contributed by atoms with E-state index in [1.54, 1.807) is 13.1 Å². The van der Waals surface area contributed by atoms with E-state index in [2.05, 4.69) is 4.98 Å². The minimum absolute atomic E-state index is 0.0331. The molecule has 0 aliphatic carbocycles. The van der Waals surface area contributed by atoms with Crippen LogP contribution in [0.25, 0.3) is 0 Å². The quantitative estimate of drug-likeness (QED) is 0.923. The number of halogens is 2. The standard InChI is InChI=1S/C14H17F2N3/c1-9-3-4-10(15)13(14(9)16)11(17)5-6-12-18-7-8-19(12)2/h3-4,7-8,11H,5-6,17H2,1-2H3. The lowest BCUT2D eigenvalue weighted by atomic mass is 9.99. The summed E-state index contributed by atoms with van der Waals surface area (Å²) < 4.78 is 29.5. The van der Waals surface area contributed by atoms with Crippen molar-refractivity contribution in [1.29, 1.82) is 0 Å². The van der Waals surface area contributed by atoms with E-state index in [-0.39, 0.29) is 5.56 Å². The van der Waals surface area contributed by atoms with E-state index in [0.717, 1.165) is 5.82 Å². The molecule has 3 nitrogen and oxygen atoms in total. The number of benzene rings is 1. The molecule has 0 aliphatic heterocycles. The molecule has 1 atom stereocenters. The zero-order valence-corrected chi connectivity index (χ0v) is 11.0. The first kappa shape index (κ1) is 13.7. The maximum absolute atomic E-state index is 13.9. The smallest absolute Gasteiger partial charge is 0.133 e. The van der Waals surface area contributed by atoms with Gasteiger partial charge in [0.15, 0.2) is 0 Å². The molecule has 1 aromatic heterocycles. The van der Waals surface area contributed by atoms with Crippen LogP contribution in [0.5, 0.6) is 0 Å². The Morgan fingerprint density at radius 3 is 2.74 bits per heavy atom. The first-order valence-corrected chi connectivity index (χ1v) is 6.17. The minimum atomic E-state index is -0.670. The summed E-state index contributed by atoms with van der Waals surface area (Å²) in [4.78, 5) is 4.16. The fraction of sp³-hybridized carbons (Fsp3) is 0.357. The zero-order chi connectivity index (χ0) is 14.0. The van der Waals surface area contributed by atoms with Crippen molar-refractivity contribution in [3.8, 4) is 0 Å². The second kappa shape index (κ2) is 5.48. The molecule has 0 amide bonds. The lowest BCUT2D eigenvalue weighted by molar-refractivity contribution is 0.504. The summed E-state index contributed by atoms with van der Waals surface area (Å²) in [5, 5.41) is 0. The number of imidazole rings is 1. The van der Waals surface area contributed by atoms with Crippen molar-refractivity contribution in [2.45, 2.75) is 25.8 Å². The number of rotatable bonds is 4. The van der Waals surface area contributed by atoms with Gasteiger partial charge in [-0.1, -0.05) is 6.07 Å². The number of hydrogen-bond donors (Lipinski definition) is 1. The van der Waals surface area contributed by atoms with Crippen LogP contribution in [0, 0.1) is 18.6 Å². The van der Waals surface area contributed by atoms with Crippen LogP contribution in [0.4, 0.5) is 8.78 Å². The third kappa shape index (κ3) is 2.81. The lowest BCUT2D eigenvalue weighted by Crippen LogP contribution is -2.16. The van der Waals surface area contributed by atoms with Crippen LogP contribution in [0.2, 0.25) is 0 Å². The topological polar surface area (TPSA) is 43.8 Å². The molecule has 1 heterocycles. The van der Waals surface area contributed by atoms with Crippen molar-refractivity contribution in [2.75, 3.05) is 0 Å². The third-order valence-corrected chi connectivity index (χ3v) is 3.29. The Balaban J connectivity index is 2.14. The van der Waals surface area contributed by atoms with Gasteiger partial charge in [-0.25, -0.2) is 13.8 Å². The molecule has 2 rings (SSSR count). The molecule has 1 unspecified atom stereocenters. The third-order valence-electron chi connectivity index (χ3n) is 3.29. The number of aromatic nitrogens is 2. The Morgan fingerprint density at radius 2 is 2.11 bits per heavy atom. The van der Waals surface area contributed by atoms with Gasteiger partial charge in [0.2, 0.25) is 0 Å². The highest BCUT2D eigenvalue weighted by Crippen LogP contribution is 2.24. The maximum atomic E-state index is 13.9. The Kier molecular flexibility index (Phi) is 3.95. The van der Waals surface area contributed by atoms with Crippen molar-refractivity contribution >= 4 is 0 Å². The van der Waals surface area contributed by atoms with E-state index in [0.29, 0.717) is 18.4 Å². The summed E-state index contributed by atoms with van der Waals surface area (Å²) in [7, 11) is 1.88. The van der Waals surface area contributed by atoms with Crippen LogP contribution < -0.4 is 5.73 Å². The number of hydrogen-bond acceptors (Lipinski definition) is 2. The number of nitrogens with two attached hydrogens (primary N) is 1. The first-order chi connectivity index (χ1) is 9.00. The molecular weight excluding hydrogens is 248 g/mol. The van der Waals surface area contributed by atoms with Crippen molar-refractivity contribution < 1.29 is 8.78 Å². The molecule has 5 heteroatoms. The number of nitrogens with zero attached hydrogens (tertiary/aromatic N) is 2. The predicted molar refractivity (Wildman–Crippen MR) is 69.6 cm³/mol. The second-order valence-corrected chi connectivity index (χ2v) is 4.69. The molecule has 0 fully saturated rings. The molecule has 0 radical (unpaired) electrons. The average Bonchev–Trinajstić information content (AvgIpc) is 2.77. The highest BCUT2D eigenvalue weighted by molar-refractivity contribution is 5.29. The molecule has 2 N–H and O–H groups in total. The van der Waals surface area contributed by atoms with Crippen LogP contribution in [0.3, 0.4) is 0 Å². The van der Waals surface area contributed by atoms with Gasteiger partial charge < -0.3 is 10.3 Å². The van der Waals surface area contributed by atoms with Crippen molar-refractivity contribution in [3.63, 3.8) is 0 Å². The Labute approximate surface area is 111 Å². The monoisotopic (exact) mass is 265 g/mol. The zero-order valence-electron chi connectivity index (χ0n) is 11.0. The van der Waals surface area contributed by atoms with Gasteiger partial charge in [0.25, 0.3) is 0 Å². The minimum Gasteiger partial charge on any atom is -0.338 e. The van der Waals surface area contributed by atoms with Crippen molar-refractivity contribution in [2.24, 2.45) is 12.8 Å². The fourth-order valence-electron chi connectivity index (χ4n) is 2.08. The maximum Gasteiger partial charge on any atom is 0.133 e. The molecule has 102 valence electrons. The second-order valence-electron chi connectivity index (χ2n) is 4.69. The predicted octanol–water partition coefficient (Wildman–Crippen LogP) is 2.64. The van der Waals surface area contributed by atoms with E-state index >= 15 is 0 Å². The Bertz CT molecular complexity index is 578. The Morgan fingerprint density at radius 1 is 1.37 bits per heavy atom. The van der Waals surface area contributed by atoms with Gasteiger partial charge in [-0.15, -0.1) is 0 Å². The summed E-state index contributed by atoms with van der Waals surface area (Å²) in [6, 6.07) is 2.00.